The Hall–Kier alpha value is -1.70. The Morgan fingerprint density at radius 1 is 0.808 bits per heavy atom. The third-order valence-corrected chi connectivity index (χ3v) is 5.92. The van der Waals surface area contributed by atoms with E-state index < -0.39 is 11.6 Å². The molecule has 26 heavy (non-hydrogen) atoms. The molecule has 0 saturated heterocycles. The third-order valence-electron chi connectivity index (χ3n) is 5.92. The summed E-state index contributed by atoms with van der Waals surface area (Å²) in [6.07, 6.45) is 9.15. The maximum absolute atomic E-state index is 14.5. The lowest BCUT2D eigenvalue weighted by Crippen LogP contribution is -2.13. The second kappa shape index (κ2) is 8.79. The molecule has 0 aromatic heterocycles. The van der Waals surface area contributed by atoms with Crippen molar-refractivity contribution < 1.29 is 8.78 Å². The summed E-state index contributed by atoms with van der Waals surface area (Å²) in [4.78, 5) is 0. The van der Waals surface area contributed by atoms with Gasteiger partial charge in [-0.15, -0.1) is 0 Å². The summed E-state index contributed by atoms with van der Waals surface area (Å²) in [5.41, 5.74) is 2.93. The molecular formula is C24H30F2. The van der Waals surface area contributed by atoms with Crippen molar-refractivity contribution >= 4 is 0 Å². The van der Waals surface area contributed by atoms with Crippen molar-refractivity contribution in [2.45, 2.75) is 71.1 Å². The van der Waals surface area contributed by atoms with Gasteiger partial charge in [0, 0.05) is 5.56 Å². The smallest absolute Gasteiger partial charge is 0.166 e. The second-order valence-corrected chi connectivity index (χ2v) is 7.78. The summed E-state index contributed by atoms with van der Waals surface area (Å²) in [6.45, 7) is 4.24. The number of hydrogen-bond donors (Lipinski definition) is 0. The standard InChI is InChI=1S/C24H30F2/c1-3-5-17-7-9-18(10-8-17)19-11-13-20(14-12-19)22-16-15-21(6-4-2)23(25)24(22)26/h11-18H,3-10H2,1-2H3. The average molecular weight is 356 g/mol. The van der Waals surface area contributed by atoms with Gasteiger partial charge in [0.05, 0.1) is 0 Å². The van der Waals surface area contributed by atoms with Crippen molar-refractivity contribution in [1.82, 2.24) is 0 Å². The fourth-order valence-electron chi connectivity index (χ4n) is 4.40. The van der Waals surface area contributed by atoms with Crippen LogP contribution in [-0.2, 0) is 6.42 Å². The molecule has 0 bridgehead atoms. The molecule has 0 unspecified atom stereocenters. The molecule has 3 rings (SSSR count). The molecule has 1 saturated carbocycles. The van der Waals surface area contributed by atoms with Gasteiger partial charge in [-0.25, -0.2) is 8.78 Å². The zero-order chi connectivity index (χ0) is 18.5. The topological polar surface area (TPSA) is 0 Å². The van der Waals surface area contributed by atoms with Crippen molar-refractivity contribution in [2.24, 2.45) is 5.92 Å². The van der Waals surface area contributed by atoms with Gasteiger partial charge in [-0.2, -0.15) is 0 Å². The summed E-state index contributed by atoms with van der Waals surface area (Å²) >= 11 is 0. The summed E-state index contributed by atoms with van der Waals surface area (Å²) in [7, 11) is 0. The largest absolute Gasteiger partial charge is 0.203 e. The Labute approximate surface area is 156 Å². The van der Waals surface area contributed by atoms with Crippen molar-refractivity contribution in [3.05, 3.63) is 59.2 Å². The highest BCUT2D eigenvalue weighted by molar-refractivity contribution is 5.65. The normalized spacial score (nSPS) is 20.3. The Kier molecular flexibility index (Phi) is 6.45. The molecule has 1 aliphatic carbocycles. The van der Waals surface area contributed by atoms with Gasteiger partial charge >= 0.3 is 0 Å². The average Bonchev–Trinajstić information content (AvgIpc) is 2.67. The van der Waals surface area contributed by atoms with Crippen LogP contribution in [-0.4, -0.2) is 0 Å². The summed E-state index contributed by atoms with van der Waals surface area (Å²) in [6, 6.07) is 11.6. The minimum absolute atomic E-state index is 0.362. The molecule has 0 aliphatic heterocycles. The van der Waals surface area contributed by atoms with E-state index in [-0.39, 0.29) is 0 Å². The molecule has 1 fully saturated rings. The minimum Gasteiger partial charge on any atom is -0.203 e. The van der Waals surface area contributed by atoms with Crippen LogP contribution in [0.1, 0.15) is 75.8 Å². The first-order chi connectivity index (χ1) is 12.6. The summed E-state index contributed by atoms with van der Waals surface area (Å²) in [5, 5.41) is 0. The van der Waals surface area contributed by atoms with Crippen molar-refractivity contribution in [2.75, 3.05) is 0 Å². The summed E-state index contributed by atoms with van der Waals surface area (Å²) < 4.78 is 28.7. The maximum atomic E-state index is 14.5. The van der Waals surface area contributed by atoms with Crippen LogP contribution >= 0.6 is 0 Å². The van der Waals surface area contributed by atoms with Crippen LogP contribution in [0.2, 0.25) is 0 Å². The van der Waals surface area contributed by atoms with Gasteiger partial charge < -0.3 is 0 Å². The van der Waals surface area contributed by atoms with Crippen LogP contribution in [0.3, 0.4) is 0 Å². The van der Waals surface area contributed by atoms with Crippen LogP contribution < -0.4 is 0 Å². The lowest BCUT2D eigenvalue weighted by Gasteiger charge is -2.28. The number of hydrogen-bond acceptors (Lipinski definition) is 0. The van der Waals surface area contributed by atoms with Crippen molar-refractivity contribution in [1.29, 1.82) is 0 Å². The summed E-state index contributed by atoms with van der Waals surface area (Å²) in [5.74, 6) is 0.103. The Morgan fingerprint density at radius 3 is 2.12 bits per heavy atom. The van der Waals surface area contributed by atoms with Crippen LogP contribution in [0.5, 0.6) is 0 Å². The highest BCUT2D eigenvalue weighted by Crippen LogP contribution is 2.38. The van der Waals surface area contributed by atoms with Crippen LogP contribution in [0.15, 0.2) is 36.4 Å². The van der Waals surface area contributed by atoms with Gasteiger partial charge in [0.25, 0.3) is 0 Å². The predicted octanol–water partition coefficient (Wildman–Crippen LogP) is 7.66. The molecule has 0 N–H and O–H groups in total. The molecule has 0 amide bonds. The molecule has 0 nitrogen and oxygen atoms in total. The zero-order valence-corrected chi connectivity index (χ0v) is 16.0. The molecule has 0 spiro atoms. The molecule has 0 heterocycles. The fraction of sp³-hybridized carbons (Fsp3) is 0.500. The molecule has 2 aromatic carbocycles. The fourth-order valence-corrected chi connectivity index (χ4v) is 4.40. The molecule has 2 aromatic rings. The van der Waals surface area contributed by atoms with E-state index >= 15 is 0 Å². The van der Waals surface area contributed by atoms with Gasteiger partial charge in [-0.1, -0.05) is 69.5 Å². The number of aryl methyl sites for hydroxylation is 1. The highest BCUT2D eigenvalue weighted by Gasteiger charge is 2.22. The van der Waals surface area contributed by atoms with Crippen molar-refractivity contribution in [3.63, 3.8) is 0 Å². The van der Waals surface area contributed by atoms with E-state index in [1.165, 1.54) is 44.1 Å². The first-order valence-electron chi connectivity index (χ1n) is 10.2. The predicted molar refractivity (Wildman–Crippen MR) is 105 cm³/mol. The van der Waals surface area contributed by atoms with E-state index in [0.29, 0.717) is 23.5 Å². The van der Waals surface area contributed by atoms with E-state index in [9.17, 15) is 8.78 Å². The van der Waals surface area contributed by atoms with Gasteiger partial charge in [-0.3, -0.25) is 0 Å². The van der Waals surface area contributed by atoms with E-state index in [1.807, 2.05) is 19.1 Å². The Bertz CT molecular complexity index is 710. The SMILES string of the molecule is CCCc1ccc(-c2ccc(C3CCC(CCC)CC3)cc2)c(F)c1F. The lowest BCUT2D eigenvalue weighted by atomic mass is 9.77. The molecule has 0 atom stereocenters. The Morgan fingerprint density at radius 2 is 1.50 bits per heavy atom. The molecule has 140 valence electrons. The number of benzene rings is 2. The van der Waals surface area contributed by atoms with Gasteiger partial charge in [0.2, 0.25) is 0 Å². The highest BCUT2D eigenvalue weighted by atomic mass is 19.2. The molecule has 0 radical (unpaired) electrons. The minimum atomic E-state index is -0.719. The Balaban J connectivity index is 1.73. The molecule has 2 heteroatoms. The second-order valence-electron chi connectivity index (χ2n) is 7.78. The number of rotatable bonds is 6. The van der Waals surface area contributed by atoms with Crippen LogP contribution in [0, 0.1) is 17.6 Å². The lowest BCUT2D eigenvalue weighted by molar-refractivity contribution is 0.308. The van der Waals surface area contributed by atoms with Gasteiger partial charge in [0.15, 0.2) is 11.6 Å². The van der Waals surface area contributed by atoms with E-state index in [1.54, 1.807) is 12.1 Å². The van der Waals surface area contributed by atoms with Gasteiger partial charge in [0.1, 0.15) is 0 Å². The third kappa shape index (κ3) is 4.16. The molecular weight excluding hydrogens is 326 g/mol. The maximum Gasteiger partial charge on any atom is 0.166 e. The zero-order valence-electron chi connectivity index (χ0n) is 16.0. The van der Waals surface area contributed by atoms with E-state index in [0.717, 1.165) is 17.9 Å². The van der Waals surface area contributed by atoms with Crippen LogP contribution in [0.4, 0.5) is 8.78 Å². The van der Waals surface area contributed by atoms with E-state index in [4.69, 9.17) is 0 Å². The molecule has 1 aliphatic rings. The number of halogens is 2. The van der Waals surface area contributed by atoms with E-state index in [2.05, 4.69) is 19.1 Å². The monoisotopic (exact) mass is 356 g/mol. The van der Waals surface area contributed by atoms with Crippen LogP contribution in [0.25, 0.3) is 11.1 Å². The first kappa shape index (κ1) is 19.1. The van der Waals surface area contributed by atoms with Crippen molar-refractivity contribution in [3.8, 4) is 11.1 Å². The van der Waals surface area contributed by atoms with Gasteiger partial charge in [-0.05, 0) is 60.6 Å². The first-order valence-corrected chi connectivity index (χ1v) is 10.2. The quantitative estimate of drug-likeness (QED) is 0.498.